The summed E-state index contributed by atoms with van der Waals surface area (Å²) in [6.45, 7) is 2.79. The topological polar surface area (TPSA) is 48.8 Å². The fraction of sp³-hybridized carbons (Fsp3) is 0.429. The van der Waals surface area contributed by atoms with Gasteiger partial charge in [-0.3, -0.25) is 9.98 Å². The lowest BCUT2D eigenvalue weighted by Crippen LogP contribution is -2.22. The summed E-state index contributed by atoms with van der Waals surface area (Å²) in [5.41, 5.74) is 2.49. The van der Waals surface area contributed by atoms with Crippen molar-refractivity contribution in [1.29, 1.82) is 0 Å². The van der Waals surface area contributed by atoms with Crippen LogP contribution < -0.4 is 10.6 Å². The van der Waals surface area contributed by atoms with Crippen molar-refractivity contribution in [3.63, 3.8) is 0 Å². The van der Waals surface area contributed by atoms with Gasteiger partial charge in [0, 0.05) is 23.7 Å². The number of thioether (sulfide) groups is 2. The van der Waals surface area contributed by atoms with E-state index >= 15 is 0 Å². The molecule has 0 radical (unpaired) electrons. The Kier molecular flexibility index (Phi) is 9.09. The Labute approximate surface area is 152 Å². The molecule has 0 aliphatic carbocycles. The van der Waals surface area contributed by atoms with E-state index in [0.717, 1.165) is 47.9 Å². The molecule has 0 atom stereocenters. The third kappa shape index (κ3) is 5.57. The maximum Gasteiger partial charge on any atom is 0.161 e. The van der Waals surface area contributed by atoms with E-state index < -0.39 is 0 Å². The number of nitrogens with one attached hydrogen (secondary N) is 2. The molecule has 0 bridgehead atoms. The number of anilines is 1. The second-order valence-corrected chi connectivity index (χ2v) is 6.70. The van der Waals surface area contributed by atoms with Crippen LogP contribution in [0.2, 0.25) is 0 Å². The van der Waals surface area contributed by atoms with Crippen LogP contribution in [0.15, 0.2) is 34.3 Å². The molecule has 2 N–H and O–H groups in total. The van der Waals surface area contributed by atoms with Crippen molar-refractivity contribution < 1.29 is 0 Å². The van der Waals surface area contributed by atoms with Gasteiger partial charge in [-0.25, -0.2) is 0 Å². The SMILES string of the molecule is Cl.Cl.c1ccc(NC2=NCCS2)c(CCNC2=NCCS2)c1. The quantitative estimate of drug-likeness (QED) is 0.843. The van der Waals surface area contributed by atoms with E-state index in [2.05, 4.69) is 44.9 Å². The van der Waals surface area contributed by atoms with Crippen molar-refractivity contribution in [2.24, 2.45) is 9.98 Å². The van der Waals surface area contributed by atoms with Crippen LogP contribution in [0.5, 0.6) is 0 Å². The van der Waals surface area contributed by atoms with Crippen LogP contribution in [0.4, 0.5) is 5.69 Å². The van der Waals surface area contributed by atoms with Gasteiger partial charge in [-0.1, -0.05) is 41.7 Å². The van der Waals surface area contributed by atoms with Gasteiger partial charge in [-0.05, 0) is 18.1 Å². The minimum Gasteiger partial charge on any atom is -0.365 e. The number of hydrogen-bond donors (Lipinski definition) is 2. The second-order valence-electron chi connectivity index (χ2n) is 4.53. The van der Waals surface area contributed by atoms with E-state index in [1.165, 1.54) is 11.3 Å². The summed E-state index contributed by atoms with van der Waals surface area (Å²) in [5, 5.41) is 8.97. The fourth-order valence-corrected chi connectivity index (χ4v) is 3.64. The molecule has 1 aromatic carbocycles. The molecule has 8 heteroatoms. The van der Waals surface area contributed by atoms with Crippen LogP contribution in [0.3, 0.4) is 0 Å². The molecule has 2 heterocycles. The number of hydrogen-bond acceptors (Lipinski definition) is 6. The zero-order valence-corrected chi connectivity index (χ0v) is 15.3. The number of benzene rings is 1. The molecule has 0 unspecified atom stereocenters. The van der Waals surface area contributed by atoms with Gasteiger partial charge in [-0.2, -0.15) is 0 Å². The minimum atomic E-state index is 0. The number of para-hydroxylation sites is 1. The van der Waals surface area contributed by atoms with Crippen molar-refractivity contribution in [1.82, 2.24) is 5.32 Å². The van der Waals surface area contributed by atoms with Gasteiger partial charge in [0.05, 0.1) is 13.1 Å². The van der Waals surface area contributed by atoms with E-state index in [4.69, 9.17) is 0 Å². The predicted molar refractivity (Wildman–Crippen MR) is 106 cm³/mol. The summed E-state index contributed by atoms with van der Waals surface area (Å²) in [5.74, 6) is 2.20. The summed E-state index contributed by atoms with van der Waals surface area (Å²) >= 11 is 3.60. The van der Waals surface area contributed by atoms with Crippen LogP contribution in [-0.2, 0) is 6.42 Å². The Bertz CT molecular complexity index is 537. The van der Waals surface area contributed by atoms with Gasteiger partial charge >= 0.3 is 0 Å². The summed E-state index contributed by atoms with van der Waals surface area (Å²) in [6, 6.07) is 8.45. The largest absolute Gasteiger partial charge is 0.365 e. The summed E-state index contributed by atoms with van der Waals surface area (Å²) in [4.78, 5) is 8.85. The molecular formula is C14H20Cl2N4S2. The summed E-state index contributed by atoms with van der Waals surface area (Å²) < 4.78 is 0. The third-order valence-electron chi connectivity index (χ3n) is 3.10. The van der Waals surface area contributed by atoms with Gasteiger partial charge in [-0.15, -0.1) is 24.8 Å². The highest BCUT2D eigenvalue weighted by Gasteiger charge is 2.10. The second kappa shape index (κ2) is 10.3. The van der Waals surface area contributed by atoms with Gasteiger partial charge in [0.25, 0.3) is 0 Å². The van der Waals surface area contributed by atoms with Crippen LogP contribution in [0, 0.1) is 0 Å². The predicted octanol–water partition coefficient (Wildman–Crippen LogP) is 3.28. The van der Waals surface area contributed by atoms with Gasteiger partial charge < -0.3 is 10.6 Å². The average molecular weight is 379 g/mol. The smallest absolute Gasteiger partial charge is 0.161 e. The molecule has 122 valence electrons. The molecule has 0 saturated carbocycles. The standard InChI is InChI=1S/C14H18N4S2.2ClH/c1-2-4-12(18-14-17-8-10-20-14)11(3-1)5-6-15-13-16-7-9-19-13;;/h1-4H,5-10H2,(H,15,16)(H,17,18);2*1H. The monoisotopic (exact) mass is 378 g/mol. The van der Waals surface area contributed by atoms with Crippen molar-refractivity contribution in [2.75, 3.05) is 36.5 Å². The minimum absolute atomic E-state index is 0. The molecule has 2 aliphatic rings. The molecule has 4 nitrogen and oxygen atoms in total. The third-order valence-corrected chi connectivity index (χ3v) is 4.93. The summed E-state index contributed by atoms with van der Waals surface area (Å²) in [6.07, 6.45) is 0.987. The molecule has 0 aromatic heterocycles. The molecule has 0 amide bonds. The summed E-state index contributed by atoms with van der Waals surface area (Å²) in [7, 11) is 0. The number of amidine groups is 2. The number of aliphatic imine (C=N–C) groups is 2. The highest BCUT2D eigenvalue weighted by atomic mass is 35.5. The highest BCUT2D eigenvalue weighted by molar-refractivity contribution is 8.14. The molecule has 0 spiro atoms. The van der Waals surface area contributed by atoms with E-state index in [0.29, 0.717) is 0 Å². The molecule has 1 aromatic rings. The Hall–Kier alpha value is -0.560. The normalized spacial score (nSPS) is 16.2. The molecular weight excluding hydrogens is 359 g/mol. The van der Waals surface area contributed by atoms with E-state index in [1.54, 1.807) is 11.8 Å². The van der Waals surface area contributed by atoms with Gasteiger partial charge in [0.15, 0.2) is 10.3 Å². The first-order valence-corrected chi connectivity index (χ1v) is 8.82. The van der Waals surface area contributed by atoms with Crippen LogP contribution in [0.25, 0.3) is 0 Å². The first-order valence-electron chi connectivity index (χ1n) is 6.85. The first-order chi connectivity index (χ1) is 9.92. The lowest BCUT2D eigenvalue weighted by Gasteiger charge is -2.12. The Balaban J connectivity index is 0.00000121. The van der Waals surface area contributed by atoms with Crippen molar-refractivity contribution in [3.8, 4) is 0 Å². The zero-order chi connectivity index (χ0) is 13.6. The molecule has 3 rings (SSSR count). The Morgan fingerprint density at radius 3 is 2.32 bits per heavy atom. The van der Waals surface area contributed by atoms with E-state index in [1.807, 2.05) is 11.8 Å². The zero-order valence-electron chi connectivity index (χ0n) is 12.1. The fourth-order valence-electron chi connectivity index (χ4n) is 2.13. The highest BCUT2D eigenvalue weighted by Crippen LogP contribution is 2.20. The van der Waals surface area contributed by atoms with E-state index in [9.17, 15) is 0 Å². The van der Waals surface area contributed by atoms with Gasteiger partial charge in [0.2, 0.25) is 0 Å². The van der Waals surface area contributed by atoms with Crippen LogP contribution in [-0.4, -0.2) is 41.5 Å². The lowest BCUT2D eigenvalue weighted by molar-refractivity contribution is 0.874. The maximum atomic E-state index is 4.45. The van der Waals surface area contributed by atoms with Gasteiger partial charge in [0.1, 0.15) is 0 Å². The Morgan fingerprint density at radius 2 is 1.64 bits per heavy atom. The van der Waals surface area contributed by atoms with Crippen molar-refractivity contribution >= 4 is 64.4 Å². The van der Waals surface area contributed by atoms with Crippen molar-refractivity contribution in [2.45, 2.75) is 6.42 Å². The molecule has 22 heavy (non-hydrogen) atoms. The molecule has 0 saturated heterocycles. The Morgan fingerprint density at radius 1 is 0.955 bits per heavy atom. The number of rotatable bonds is 4. The number of halogens is 2. The van der Waals surface area contributed by atoms with Crippen LogP contribution in [0.1, 0.15) is 5.56 Å². The van der Waals surface area contributed by atoms with Crippen molar-refractivity contribution in [3.05, 3.63) is 29.8 Å². The lowest BCUT2D eigenvalue weighted by atomic mass is 10.1. The molecule has 0 fully saturated rings. The van der Waals surface area contributed by atoms with E-state index in [-0.39, 0.29) is 24.8 Å². The average Bonchev–Trinajstić information content (AvgIpc) is 3.14. The molecule has 2 aliphatic heterocycles. The van der Waals surface area contributed by atoms with Crippen LogP contribution >= 0.6 is 48.3 Å². The first kappa shape index (κ1) is 19.5. The maximum absolute atomic E-state index is 4.45. The number of nitrogens with zero attached hydrogens (tertiary/aromatic N) is 2.